The van der Waals surface area contributed by atoms with Crippen LogP contribution >= 0.6 is 12.2 Å². The minimum atomic E-state index is 0.0496. The van der Waals surface area contributed by atoms with Crippen LogP contribution in [0.15, 0.2) is 54.6 Å². The molecule has 0 aliphatic heterocycles. The highest BCUT2D eigenvalue weighted by molar-refractivity contribution is 7.80. The van der Waals surface area contributed by atoms with Crippen molar-refractivity contribution in [1.82, 2.24) is 0 Å². The molecule has 21 heavy (non-hydrogen) atoms. The Morgan fingerprint density at radius 2 is 1.71 bits per heavy atom. The maximum absolute atomic E-state index is 12.6. The second-order valence-electron chi connectivity index (χ2n) is 4.66. The monoisotopic (exact) mass is 298 g/mol. The SMILES string of the molecule is CCOC(=S)CCc1ccccc1C(=O)c1ccccc1. The highest BCUT2D eigenvalue weighted by atomic mass is 32.1. The van der Waals surface area contributed by atoms with Gasteiger partial charge in [-0.05, 0) is 31.1 Å². The number of benzene rings is 2. The first kappa shape index (κ1) is 15.4. The van der Waals surface area contributed by atoms with Crippen molar-refractivity contribution < 1.29 is 9.53 Å². The van der Waals surface area contributed by atoms with Gasteiger partial charge in [0.05, 0.1) is 6.61 Å². The standard InChI is InChI=1S/C18H18O2S/c1-2-20-17(21)13-12-14-8-6-7-11-16(14)18(19)15-9-4-3-5-10-15/h3-11H,2,12-13H2,1H3. The lowest BCUT2D eigenvalue weighted by Gasteiger charge is -2.09. The summed E-state index contributed by atoms with van der Waals surface area (Å²) in [5.74, 6) is 0.0496. The summed E-state index contributed by atoms with van der Waals surface area (Å²) in [6, 6.07) is 17.0. The number of carbonyl (C=O) groups excluding carboxylic acids is 1. The van der Waals surface area contributed by atoms with Gasteiger partial charge in [-0.2, -0.15) is 0 Å². The third-order valence-corrected chi connectivity index (χ3v) is 3.52. The minimum Gasteiger partial charge on any atom is -0.487 e. The molecule has 0 aliphatic rings. The Morgan fingerprint density at radius 3 is 2.43 bits per heavy atom. The fourth-order valence-corrected chi connectivity index (χ4v) is 2.39. The van der Waals surface area contributed by atoms with Crippen LogP contribution in [0.4, 0.5) is 0 Å². The summed E-state index contributed by atoms with van der Waals surface area (Å²) in [5, 5.41) is 0.597. The molecule has 0 radical (unpaired) electrons. The molecule has 0 spiro atoms. The molecule has 0 heterocycles. The van der Waals surface area contributed by atoms with Crippen LogP contribution in [-0.2, 0) is 11.2 Å². The van der Waals surface area contributed by atoms with E-state index in [4.69, 9.17) is 17.0 Å². The molecule has 3 heteroatoms. The van der Waals surface area contributed by atoms with E-state index in [9.17, 15) is 4.79 Å². The van der Waals surface area contributed by atoms with Crippen LogP contribution in [0, 0.1) is 0 Å². The zero-order valence-corrected chi connectivity index (χ0v) is 12.9. The smallest absolute Gasteiger partial charge is 0.193 e. The van der Waals surface area contributed by atoms with Crippen molar-refractivity contribution >= 4 is 23.1 Å². The number of carbonyl (C=O) groups is 1. The van der Waals surface area contributed by atoms with Gasteiger partial charge in [0, 0.05) is 17.5 Å². The molecule has 0 aliphatic carbocycles. The average molecular weight is 298 g/mol. The van der Waals surface area contributed by atoms with Crippen LogP contribution in [-0.4, -0.2) is 17.4 Å². The predicted octanol–water partition coefficient (Wildman–Crippen LogP) is 4.21. The Hall–Kier alpha value is -2.00. The predicted molar refractivity (Wildman–Crippen MR) is 88.9 cm³/mol. The van der Waals surface area contributed by atoms with Crippen LogP contribution in [0.2, 0.25) is 0 Å². The van der Waals surface area contributed by atoms with Gasteiger partial charge < -0.3 is 4.74 Å². The molecule has 2 nitrogen and oxygen atoms in total. The van der Waals surface area contributed by atoms with Gasteiger partial charge in [-0.15, -0.1) is 0 Å². The van der Waals surface area contributed by atoms with E-state index in [1.54, 1.807) is 0 Å². The lowest BCUT2D eigenvalue weighted by atomic mass is 9.96. The molecule has 0 N–H and O–H groups in total. The molecule has 108 valence electrons. The Morgan fingerprint density at radius 1 is 1.05 bits per heavy atom. The molecular formula is C18H18O2S. The van der Waals surface area contributed by atoms with E-state index in [1.165, 1.54) is 0 Å². The minimum absolute atomic E-state index is 0.0496. The molecule has 0 aromatic heterocycles. The summed E-state index contributed by atoms with van der Waals surface area (Å²) in [6.45, 7) is 2.50. The second kappa shape index (κ2) is 7.70. The molecule has 0 saturated heterocycles. The van der Waals surface area contributed by atoms with Gasteiger partial charge in [-0.25, -0.2) is 0 Å². The summed E-state index contributed by atoms with van der Waals surface area (Å²) < 4.78 is 5.30. The van der Waals surface area contributed by atoms with E-state index in [0.717, 1.165) is 11.1 Å². The summed E-state index contributed by atoms with van der Waals surface area (Å²) in [6.07, 6.45) is 1.37. The average Bonchev–Trinajstić information content (AvgIpc) is 2.54. The van der Waals surface area contributed by atoms with Gasteiger partial charge >= 0.3 is 0 Å². The van der Waals surface area contributed by atoms with Gasteiger partial charge in [-0.1, -0.05) is 54.6 Å². The van der Waals surface area contributed by atoms with Gasteiger partial charge in [0.1, 0.15) is 0 Å². The topological polar surface area (TPSA) is 26.3 Å². The number of ketones is 1. The molecule has 0 fully saturated rings. The number of rotatable bonds is 6. The number of ether oxygens (including phenoxy) is 1. The maximum atomic E-state index is 12.6. The first-order chi connectivity index (χ1) is 10.2. The normalized spacial score (nSPS) is 10.1. The molecule has 0 bridgehead atoms. The number of aryl methyl sites for hydroxylation is 1. The summed E-state index contributed by atoms with van der Waals surface area (Å²) in [4.78, 5) is 12.6. The number of hydrogen-bond donors (Lipinski definition) is 0. The molecule has 2 aromatic carbocycles. The largest absolute Gasteiger partial charge is 0.487 e. The summed E-state index contributed by atoms with van der Waals surface area (Å²) in [5.41, 5.74) is 2.45. The zero-order valence-electron chi connectivity index (χ0n) is 12.0. The Kier molecular flexibility index (Phi) is 5.64. The third-order valence-electron chi connectivity index (χ3n) is 3.20. The van der Waals surface area contributed by atoms with Crippen molar-refractivity contribution in [3.63, 3.8) is 0 Å². The van der Waals surface area contributed by atoms with E-state index in [2.05, 4.69) is 0 Å². The van der Waals surface area contributed by atoms with Crippen molar-refractivity contribution in [3.05, 3.63) is 71.3 Å². The van der Waals surface area contributed by atoms with Gasteiger partial charge in [0.25, 0.3) is 0 Å². The van der Waals surface area contributed by atoms with Crippen molar-refractivity contribution in [2.45, 2.75) is 19.8 Å². The Bertz CT molecular complexity index is 620. The van der Waals surface area contributed by atoms with E-state index in [-0.39, 0.29) is 5.78 Å². The lowest BCUT2D eigenvalue weighted by Crippen LogP contribution is -2.08. The quantitative estimate of drug-likeness (QED) is 0.590. The zero-order chi connectivity index (χ0) is 15.1. The van der Waals surface area contributed by atoms with E-state index in [0.29, 0.717) is 30.1 Å². The molecule has 0 atom stereocenters. The lowest BCUT2D eigenvalue weighted by molar-refractivity contribution is 0.103. The molecule has 0 saturated carbocycles. The maximum Gasteiger partial charge on any atom is 0.193 e. The fraction of sp³-hybridized carbons (Fsp3) is 0.222. The number of thiocarbonyl (C=S) groups is 1. The van der Waals surface area contributed by atoms with Gasteiger partial charge in [0.2, 0.25) is 0 Å². The first-order valence-electron chi connectivity index (χ1n) is 7.05. The molecule has 0 amide bonds. The van der Waals surface area contributed by atoms with E-state index < -0.39 is 0 Å². The highest BCUT2D eigenvalue weighted by Gasteiger charge is 2.13. The fourth-order valence-electron chi connectivity index (χ4n) is 2.17. The van der Waals surface area contributed by atoms with Crippen LogP contribution in [0.25, 0.3) is 0 Å². The van der Waals surface area contributed by atoms with Gasteiger partial charge in [0.15, 0.2) is 10.8 Å². The van der Waals surface area contributed by atoms with E-state index in [1.807, 2.05) is 61.5 Å². The van der Waals surface area contributed by atoms with Crippen LogP contribution < -0.4 is 0 Å². The van der Waals surface area contributed by atoms with Crippen LogP contribution in [0.5, 0.6) is 0 Å². The Labute approximate surface area is 130 Å². The molecule has 2 rings (SSSR count). The van der Waals surface area contributed by atoms with Crippen LogP contribution in [0.3, 0.4) is 0 Å². The van der Waals surface area contributed by atoms with Crippen molar-refractivity contribution in [2.75, 3.05) is 6.61 Å². The first-order valence-corrected chi connectivity index (χ1v) is 7.46. The second-order valence-corrected chi connectivity index (χ2v) is 5.11. The van der Waals surface area contributed by atoms with E-state index >= 15 is 0 Å². The van der Waals surface area contributed by atoms with Crippen molar-refractivity contribution in [2.24, 2.45) is 0 Å². The Balaban J connectivity index is 2.17. The van der Waals surface area contributed by atoms with Crippen molar-refractivity contribution in [3.8, 4) is 0 Å². The molecule has 2 aromatic rings. The summed E-state index contributed by atoms with van der Waals surface area (Å²) in [7, 11) is 0. The third kappa shape index (κ3) is 4.23. The van der Waals surface area contributed by atoms with Crippen LogP contribution in [0.1, 0.15) is 34.8 Å². The molecular weight excluding hydrogens is 280 g/mol. The molecule has 0 unspecified atom stereocenters. The number of hydrogen-bond acceptors (Lipinski definition) is 3. The highest BCUT2D eigenvalue weighted by Crippen LogP contribution is 2.16. The van der Waals surface area contributed by atoms with Crippen molar-refractivity contribution in [1.29, 1.82) is 0 Å². The summed E-state index contributed by atoms with van der Waals surface area (Å²) >= 11 is 5.15. The van der Waals surface area contributed by atoms with Gasteiger partial charge in [-0.3, -0.25) is 4.79 Å².